The average molecular weight is 353 g/mol. The lowest BCUT2D eigenvalue weighted by molar-refractivity contribution is -0.0180. The van der Waals surface area contributed by atoms with Crippen LogP contribution in [-0.2, 0) is 29.1 Å². The van der Waals surface area contributed by atoms with Gasteiger partial charge >= 0.3 is 5.97 Å². The molecule has 1 aromatic heterocycles. The van der Waals surface area contributed by atoms with E-state index in [0.717, 1.165) is 23.1 Å². The highest BCUT2D eigenvalue weighted by molar-refractivity contribution is 7.14. The number of aryl methyl sites for hydroxylation is 2. The van der Waals surface area contributed by atoms with Gasteiger partial charge in [0.15, 0.2) is 6.79 Å². The van der Waals surface area contributed by atoms with Crippen molar-refractivity contribution in [1.82, 2.24) is 0 Å². The molecule has 6 heteroatoms. The molecule has 0 saturated carbocycles. The normalized spacial score (nSPS) is 13.3. The fourth-order valence-electron chi connectivity index (χ4n) is 2.55. The predicted octanol–water partition coefficient (Wildman–Crippen LogP) is 4.50. The lowest BCUT2D eigenvalue weighted by Gasteiger charge is -2.21. The SMILES string of the molecule is CCc1sc(C(=O)OCc2cc(Cl)cc3c2OCOC3)cc1C. The molecule has 2 heterocycles. The fraction of sp³-hybridized carbons (Fsp3) is 0.353. The Balaban J connectivity index is 1.75. The molecule has 0 unspecified atom stereocenters. The number of benzene rings is 1. The average Bonchev–Trinajstić information content (AvgIpc) is 2.93. The van der Waals surface area contributed by atoms with Crippen LogP contribution in [-0.4, -0.2) is 12.8 Å². The minimum absolute atomic E-state index is 0.125. The van der Waals surface area contributed by atoms with E-state index < -0.39 is 0 Å². The largest absolute Gasteiger partial charge is 0.467 e. The zero-order chi connectivity index (χ0) is 16.4. The molecule has 0 fully saturated rings. The molecular weight excluding hydrogens is 336 g/mol. The van der Waals surface area contributed by atoms with Crippen LogP contribution in [0.1, 0.15) is 38.2 Å². The Labute approximate surface area is 143 Å². The molecule has 3 rings (SSSR count). The van der Waals surface area contributed by atoms with Gasteiger partial charge in [-0.3, -0.25) is 0 Å². The van der Waals surface area contributed by atoms with Crippen LogP contribution in [0.25, 0.3) is 0 Å². The Morgan fingerprint density at radius 2 is 2.22 bits per heavy atom. The first kappa shape index (κ1) is 16.3. The summed E-state index contributed by atoms with van der Waals surface area (Å²) in [5.41, 5.74) is 2.76. The molecule has 0 spiro atoms. The highest BCUT2D eigenvalue weighted by Gasteiger charge is 2.19. The number of carbonyl (C=O) groups is 1. The number of ether oxygens (including phenoxy) is 3. The molecule has 0 aliphatic carbocycles. The molecule has 2 aromatic rings. The summed E-state index contributed by atoms with van der Waals surface area (Å²) in [5, 5.41) is 0.573. The molecule has 0 atom stereocenters. The van der Waals surface area contributed by atoms with E-state index in [1.165, 1.54) is 16.2 Å². The van der Waals surface area contributed by atoms with Gasteiger partial charge < -0.3 is 14.2 Å². The highest BCUT2D eigenvalue weighted by atomic mass is 35.5. The molecule has 1 aliphatic heterocycles. The van der Waals surface area contributed by atoms with Crippen molar-refractivity contribution in [2.75, 3.05) is 6.79 Å². The summed E-state index contributed by atoms with van der Waals surface area (Å²) in [6, 6.07) is 5.44. The maximum absolute atomic E-state index is 12.2. The van der Waals surface area contributed by atoms with Gasteiger partial charge in [0.05, 0.1) is 6.61 Å². The van der Waals surface area contributed by atoms with Crippen LogP contribution in [0.5, 0.6) is 5.75 Å². The van der Waals surface area contributed by atoms with E-state index in [1.807, 2.05) is 13.0 Å². The standard InChI is InChI=1S/C17H17ClO4S/c1-3-14-10(2)4-15(23-14)17(19)21-8-12-6-13(18)5-11-7-20-9-22-16(11)12/h4-6H,3,7-9H2,1-2H3. The smallest absolute Gasteiger partial charge is 0.348 e. The zero-order valence-electron chi connectivity index (χ0n) is 13.0. The van der Waals surface area contributed by atoms with Gasteiger partial charge in [-0.25, -0.2) is 4.79 Å². The van der Waals surface area contributed by atoms with Crippen LogP contribution in [0, 0.1) is 6.92 Å². The van der Waals surface area contributed by atoms with Crippen molar-refractivity contribution in [1.29, 1.82) is 0 Å². The third-order valence-corrected chi connectivity index (χ3v) is 5.23. The molecule has 0 N–H and O–H groups in total. The van der Waals surface area contributed by atoms with Gasteiger partial charge in [0.1, 0.15) is 17.2 Å². The maximum Gasteiger partial charge on any atom is 0.348 e. The second-order valence-electron chi connectivity index (χ2n) is 5.31. The number of esters is 1. The number of halogens is 1. The maximum atomic E-state index is 12.2. The Bertz CT molecular complexity index is 738. The molecule has 0 saturated heterocycles. The molecular formula is C17H17ClO4S. The van der Waals surface area contributed by atoms with Crippen molar-refractivity contribution >= 4 is 28.9 Å². The summed E-state index contributed by atoms with van der Waals surface area (Å²) in [7, 11) is 0. The minimum atomic E-state index is -0.321. The number of carbonyl (C=O) groups excluding carboxylic acids is 1. The van der Waals surface area contributed by atoms with Crippen LogP contribution in [0.4, 0.5) is 0 Å². The van der Waals surface area contributed by atoms with Crippen molar-refractivity contribution in [2.45, 2.75) is 33.5 Å². The van der Waals surface area contributed by atoms with Crippen molar-refractivity contribution in [3.8, 4) is 5.75 Å². The van der Waals surface area contributed by atoms with Gasteiger partial charge in [0.25, 0.3) is 0 Å². The molecule has 122 valence electrons. The highest BCUT2D eigenvalue weighted by Crippen LogP contribution is 2.32. The Kier molecular flexibility index (Phi) is 4.90. The van der Waals surface area contributed by atoms with Crippen LogP contribution in [0.15, 0.2) is 18.2 Å². The van der Waals surface area contributed by atoms with E-state index in [-0.39, 0.29) is 19.4 Å². The monoisotopic (exact) mass is 352 g/mol. The van der Waals surface area contributed by atoms with Crippen LogP contribution >= 0.6 is 22.9 Å². The molecule has 1 aliphatic rings. The lowest BCUT2D eigenvalue weighted by Crippen LogP contribution is -2.14. The summed E-state index contributed by atoms with van der Waals surface area (Å²) in [6.45, 7) is 4.85. The van der Waals surface area contributed by atoms with Gasteiger partial charge in [0.2, 0.25) is 0 Å². The van der Waals surface area contributed by atoms with Crippen molar-refractivity contribution in [3.05, 3.63) is 49.7 Å². The van der Waals surface area contributed by atoms with E-state index in [0.29, 0.717) is 22.3 Å². The van der Waals surface area contributed by atoms with Crippen LogP contribution in [0.3, 0.4) is 0 Å². The van der Waals surface area contributed by atoms with Gasteiger partial charge in [-0.05, 0) is 37.1 Å². The van der Waals surface area contributed by atoms with Gasteiger partial charge in [-0.15, -0.1) is 11.3 Å². The topological polar surface area (TPSA) is 44.8 Å². The molecule has 4 nitrogen and oxygen atoms in total. The molecule has 0 bridgehead atoms. The summed E-state index contributed by atoms with van der Waals surface area (Å²) >= 11 is 7.59. The minimum Gasteiger partial charge on any atom is -0.467 e. The third-order valence-electron chi connectivity index (χ3n) is 3.65. The lowest BCUT2D eigenvalue weighted by atomic mass is 10.1. The first-order chi connectivity index (χ1) is 11.1. The Hall–Kier alpha value is -1.56. The molecule has 0 radical (unpaired) electrons. The number of fused-ring (bicyclic) bond motifs is 1. The number of thiophene rings is 1. The van der Waals surface area contributed by atoms with Gasteiger partial charge in [-0.2, -0.15) is 0 Å². The number of hydrogen-bond donors (Lipinski definition) is 0. The van der Waals surface area contributed by atoms with E-state index in [4.69, 9.17) is 25.8 Å². The molecule has 23 heavy (non-hydrogen) atoms. The summed E-state index contributed by atoms with van der Waals surface area (Å²) in [4.78, 5) is 14.1. The second kappa shape index (κ2) is 6.91. The summed E-state index contributed by atoms with van der Waals surface area (Å²) in [5.74, 6) is 0.378. The van der Waals surface area contributed by atoms with Crippen molar-refractivity contribution < 1.29 is 19.0 Å². The number of rotatable bonds is 4. The van der Waals surface area contributed by atoms with E-state index in [1.54, 1.807) is 12.1 Å². The van der Waals surface area contributed by atoms with E-state index in [2.05, 4.69) is 6.92 Å². The predicted molar refractivity (Wildman–Crippen MR) is 89.3 cm³/mol. The first-order valence-electron chi connectivity index (χ1n) is 7.36. The first-order valence-corrected chi connectivity index (χ1v) is 8.56. The number of hydrogen-bond acceptors (Lipinski definition) is 5. The van der Waals surface area contributed by atoms with Crippen molar-refractivity contribution in [2.24, 2.45) is 0 Å². The van der Waals surface area contributed by atoms with E-state index in [9.17, 15) is 4.79 Å². The van der Waals surface area contributed by atoms with E-state index >= 15 is 0 Å². The van der Waals surface area contributed by atoms with Gasteiger partial charge in [-0.1, -0.05) is 18.5 Å². The fourth-order valence-corrected chi connectivity index (χ4v) is 3.82. The second-order valence-corrected chi connectivity index (χ2v) is 6.88. The molecule has 1 aromatic carbocycles. The summed E-state index contributed by atoms with van der Waals surface area (Å²) in [6.07, 6.45) is 0.916. The van der Waals surface area contributed by atoms with Crippen molar-refractivity contribution in [3.63, 3.8) is 0 Å². The Morgan fingerprint density at radius 3 is 2.96 bits per heavy atom. The quantitative estimate of drug-likeness (QED) is 0.760. The van der Waals surface area contributed by atoms with Crippen LogP contribution < -0.4 is 4.74 Å². The third kappa shape index (κ3) is 3.52. The molecule has 0 amide bonds. The van der Waals surface area contributed by atoms with Crippen LogP contribution in [0.2, 0.25) is 5.02 Å². The Morgan fingerprint density at radius 1 is 1.39 bits per heavy atom. The van der Waals surface area contributed by atoms with Gasteiger partial charge in [0, 0.05) is 21.0 Å². The summed E-state index contributed by atoms with van der Waals surface area (Å²) < 4.78 is 16.2. The zero-order valence-corrected chi connectivity index (χ0v) is 14.6.